The van der Waals surface area contributed by atoms with Crippen molar-refractivity contribution in [2.45, 2.75) is 26.7 Å². The third-order valence-corrected chi connectivity index (χ3v) is 3.15. The molecular formula is C9H13IO. The first-order valence-corrected chi connectivity index (χ1v) is 5.09. The molecule has 1 aliphatic rings. The maximum Gasteiger partial charge on any atom is 0.168 e. The first kappa shape index (κ1) is 9.23. The summed E-state index contributed by atoms with van der Waals surface area (Å²) in [4.78, 5) is 11.1. The van der Waals surface area contributed by atoms with E-state index in [0.29, 0.717) is 17.6 Å². The molecule has 0 radical (unpaired) electrons. The van der Waals surface area contributed by atoms with Gasteiger partial charge in [-0.25, -0.2) is 0 Å². The first-order valence-electron chi connectivity index (χ1n) is 4.01. The van der Waals surface area contributed by atoms with Crippen molar-refractivity contribution in [3.63, 3.8) is 0 Å². The lowest BCUT2D eigenvalue weighted by Gasteiger charge is -2.20. The van der Waals surface area contributed by atoms with E-state index in [9.17, 15) is 4.79 Å². The number of rotatable bonds is 1. The lowest BCUT2D eigenvalue weighted by atomic mass is 9.86. The van der Waals surface area contributed by atoms with Crippen LogP contribution in [0.2, 0.25) is 0 Å². The molecule has 0 aromatic carbocycles. The molecule has 1 atom stereocenters. The Hall–Kier alpha value is 0.140. The SMILES string of the molecule is CC(C)C1C=C(I)C(=O)CC1. The van der Waals surface area contributed by atoms with Crippen LogP contribution in [0.3, 0.4) is 0 Å². The van der Waals surface area contributed by atoms with Crippen LogP contribution in [0.25, 0.3) is 0 Å². The minimum atomic E-state index is 0.322. The van der Waals surface area contributed by atoms with Gasteiger partial charge in [-0.15, -0.1) is 0 Å². The van der Waals surface area contributed by atoms with Gasteiger partial charge in [-0.2, -0.15) is 0 Å². The fourth-order valence-corrected chi connectivity index (χ4v) is 2.04. The van der Waals surface area contributed by atoms with Crippen LogP contribution in [0.1, 0.15) is 26.7 Å². The zero-order valence-corrected chi connectivity index (χ0v) is 9.09. The summed E-state index contributed by atoms with van der Waals surface area (Å²) in [7, 11) is 0. The van der Waals surface area contributed by atoms with Crippen molar-refractivity contribution < 1.29 is 4.79 Å². The number of hydrogen-bond acceptors (Lipinski definition) is 1. The maximum absolute atomic E-state index is 11.1. The van der Waals surface area contributed by atoms with Crippen LogP contribution in [-0.4, -0.2) is 5.78 Å². The largest absolute Gasteiger partial charge is 0.294 e. The highest BCUT2D eigenvalue weighted by Crippen LogP contribution is 2.28. The number of carbonyl (C=O) groups excluding carboxylic acids is 1. The van der Waals surface area contributed by atoms with E-state index in [-0.39, 0.29) is 0 Å². The molecule has 0 fully saturated rings. The number of carbonyl (C=O) groups is 1. The Morgan fingerprint density at radius 1 is 1.64 bits per heavy atom. The Bertz CT molecular complexity index is 194. The van der Waals surface area contributed by atoms with E-state index in [0.717, 1.165) is 16.4 Å². The summed E-state index contributed by atoms with van der Waals surface area (Å²) in [6.45, 7) is 4.42. The summed E-state index contributed by atoms with van der Waals surface area (Å²) in [5.41, 5.74) is 0. The van der Waals surface area contributed by atoms with Crippen LogP contribution in [0.15, 0.2) is 9.66 Å². The molecule has 1 rings (SSSR count). The molecule has 1 aliphatic carbocycles. The molecule has 0 amide bonds. The minimum Gasteiger partial charge on any atom is -0.294 e. The molecule has 2 heteroatoms. The van der Waals surface area contributed by atoms with Crippen molar-refractivity contribution in [2.24, 2.45) is 11.8 Å². The van der Waals surface area contributed by atoms with Gasteiger partial charge in [-0.1, -0.05) is 19.9 Å². The fraction of sp³-hybridized carbons (Fsp3) is 0.667. The fourth-order valence-electron chi connectivity index (χ4n) is 1.31. The smallest absolute Gasteiger partial charge is 0.168 e. The van der Waals surface area contributed by atoms with Gasteiger partial charge in [0, 0.05) is 6.42 Å². The standard InChI is InChI=1S/C9H13IO/c1-6(2)7-3-4-9(11)8(10)5-7/h5-7H,3-4H2,1-2H3. The summed E-state index contributed by atoms with van der Waals surface area (Å²) in [5.74, 6) is 1.62. The molecule has 0 spiro atoms. The van der Waals surface area contributed by atoms with Crippen LogP contribution >= 0.6 is 22.6 Å². The van der Waals surface area contributed by atoms with Crippen LogP contribution in [0.5, 0.6) is 0 Å². The number of Topliss-reactive ketones (excluding diaryl/α,β-unsaturated/α-hetero) is 1. The highest BCUT2D eigenvalue weighted by atomic mass is 127. The molecule has 0 aromatic heterocycles. The zero-order valence-electron chi connectivity index (χ0n) is 6.93. The first-order chi connectivity index (χ1) is 5.11. The summed E-state index contributed by atoms with van der Waals surface area (Å²) < 4.78 is 0.938. The van der Waals surface area contributed by atoms with Gasteiger partial charge < -0.3 is 0 Å². The van der Waals surface area contributed by atoms with Gasteiger partial charge in [-0.05, 0) is 40.8 Å². The van der Waals surface area contributed by atoms with Crippen molar-refractivity contribution in [3.05, 3.63) is 9.66 Å². The van der Waals surface area contributed by atoms with Gasteiger partial charge in [0.05, 0.1) is 3.58 Å². The lowest BCUT2D eigenvalue weighted by Crippen LogP contribution is -2.14. The number of halogens is 1. The highest BCUT2D eigenvalue weighted by molar-refractivity contribution is 14.1. The van der Waals surface area contributed by atoms with Crippen molar-refractivity contribution >= 4 is 28.4 Å². The van der Waals surface area contributed by atoms with Crippen LogP contribution in [-0.2, 0) is 4.79 Å². The van der Waals surface area contributed by atoms with E-state index in [1.54, 1.807) is 0 Å². The van der Waals surface area contributed by atoms with Gasteiger partial charge in [0.15, 0.2) is 5.78 Å². The van der Waals surface area contributed by atoms with E-state index in [1.807, 2.05) is 0 Å². The van der Waals surface area contributed by atoms with E-state index in [4.69, 9.17) is 0 Å². The molecule has 0 heterocycles. The molecule has 0 bridgehead atoms. The van der Waals surface area contributed by atoms with Crippen LogP contribution in [0.4, 0.5) is 0 Å². The van der Waals surface area contributed by atoms with Gasteiger partial charge in [0.25, 0.3) is 0 Å². The van der Waals surface area contributed by atoms with Crippen LogP contribution in [0, 0.1) is 11.8 Å². The Morgan fingerprint density at radius 3 is 2.73 bits per heavy atom. The van der Waals surface area contributed by atoms with Gasteiger partial charge >= 0.3 is 0 Å². The zero-order chi connectivity index (χ0) is 8.43. The van der Waals surface area contributed by atoms with Crippen LogP contribution < -0.4 is 0 Å². The molecule has 0 saturated carbocycles. The molecule has 0 aromatic rings. The van der Waals surface area contributed by atoms with Gasteiger partial charge in [0.2, 0.25) is 0 Å². The van der Waals surface area contributed by atoms with Crippen molar-refractivity contribution in [1.29, 1.82) is 0 Å². The molecule has 0 saturated heterocycles. The molecule has 0 N–H and O–H groups in total. The van der Waals surface area contributed by atoms with Crippen molar-refractivity contribution in [1.82, 2.24) is 0 Å². The summed E-state index contributed by atoms with van der Waals surface area (Å²) in [6, 6.07) is 0. The van der Waals surface area contributed by atoms with E-state index in [2.05, 4.69) is 42.5 Å². The van der Waals surface area contributed by atoms with E-state index in [1.165, 1.54) is 0 Å². The van der Waals surface area contributed by atoms with E-state index < -0.39 is 0 Å². The molecule has 1 nitrogen and oxygen atoms in total. The molecule has 62 valence electrons. The quantitative estimate of drug-likeness (QED) is 0.665. The Kier molecular flexibility index (Phi) is 3.10. The molecular weight excluding hydrogens is 251 g/mol. The predicted molar refractivity (Wildman–Crippen MR) is 54.7 cm³/mol. The highest BCUT2D eigenvalue weighted by Gasteiger charge is 2.20. The number of ketones is 1. The summed E-state index contributed by atoms with van der Waals surface area (Å²) in [6.07, 6.45) is 3.91. The van der Waals surface area contributed by atoms with Gasteiger partial charge in [-0.3, -0.25) is 4.79 Å². The second kappa shape index (κ2) is 3.70. The number of hydrogen-bond donors (Lipinski definition) is 0. The molecule has 0 aliphatic heterocycles. The third kappa shape index (κ3) is 2.29. The number of allylic oxidation sites excluding steroid dienone is 2. The predicted octanol–water partition coefficient (Wildman–Crippen LogP) is 2.94. The Morgan fingerprint density at radius 2 is 2.27 bits per heavy atom. The monoisotopic (exact) mass is 264 g/mol. The average molecular weight is 264 g/mol. The molecule has 1 unspecified atom stereocenters. The van der Waals surface area contributed by atoms with Crippen molar-refractivity contribution in [2.75, 3.05) is 0 Å². The average Bonchev–Trinajstić information content (AvgIpc) is 1.94. The third-order valence-electron chi connectivity index (χ3n) is 2.19. The lowest BCUT2D eigenvalue weighted by molar-refractivity contribution is -0.115. The Balaban J connectivity index is 2.69. The topological polar surface area (TPSA) is 17.1 Å². The summed E-state index contributed by atoms with van der Waals surface area (Å²) >= 11 is 2.14. The van der Waals surface area contributed by atoms with Crippen molar-refractivity contribution in [3.8, 4) is 0 Å². The van der Waals surface area contributed by atoms with Gasteiger partial charge in [0.1, 0.15) is 0 Å². The summed E-state index contributed by atoms with van der Waals surface area (Å²) in [5, 5.41) is 0. The van der Waals surface area contributed by atoms with E-state index >= 15 is 0 Å². The maximum atomic E-state index is 11.1. The normalized spacial score (nSPS) is 25.6. The molecule has 11 heavy (non-hydrogen) atoms. The minimum absolute atomic E-state index is 0.322. The second-order valence-electron chi connectivity index (χ2n) is 3.38. The Labute approximate surface area is 81.4 Å². The second-order valence-corrected chi connectivity index (χ2v) is 4.55.